The summed E-state index contributed by atoms with van der Waals surface area (Å²) in [7, 11) is 0. The molecule has 166 valence electrons. The number of carbonyl (C=O) groups is 1. The van der Waals surface area contributed by atoms with Crippen LogP contribution in [0.3, 0.4) is 0 Å². The van der Waals surface area contributed by atoms with Gasteiger partial charge in [0.15, 0.2) is 0 Å². The van der Waals surface area contributed by atoms with Crippen LogP contribution < -0.4 is 4.90 Å². The van der Waals surface area contributed by atoms with Gasteiger partial charge in [-0.1, -0.05) is 30.3 Å². The normalized spacial score (nSPS) is 20.9. The molecule has 2 saturated heterocycles. The number of ether oxygens (including phenoxy) is 1. The van der Waals surface area contributed by atoms with Crippen molar-refractivity contribution in [3.8, 4) is 0 Å². The van der Waals surface area contributed by atoms with Crippen LogP contribution in [-0.2, 0) is 16.1 Å². The fourth-order valence-corrected chi connectivity index (χ4v) is 4.54. The van der Waals surface area contributed by atoms with Crippen LogP contribution in [0.5, 0.6) is 0 Å². The number of anilines is 1. The molecule has 2 unspecified atom stereocenters. The molecule has 2 aliphatic rings. The van der Waals surface area contributed by atoms with Crippen LogP contribution in [0.25, 0.3) is 0 Å². The highest BCUT2D eigenvalue weighted by Crippen LogP contribution is 2.24. The van der Waals surface area contributed by atoms with E-state index in [4.69, 9.17) is 4.74 Å². The maximum absolute atomic E-state index is 13.8. The van der Waals surface area contributed by atoms with Gasteiger partial charge in [0, 0.05) is 57.7 Å². The number of hydrogen-bond acceptors (Lipinski definition) is 6. The third-order valence-corrected chi connectivity index (χ3v) is 6.24. The summed E-state index contributed by atoms with van der Waals surface area (Å²) in [6.45, 7) is 8.68. The average molecular weight is 424 g/mol. The highest BCUT2D eigenvalue weighted by molar-refractivity contribution is 5.80. The van der Waals surface area contributed by atoms with Crippen LogP contribution >= 0.6 is 0 Å². The Hall–Kier alpha value is -2.51. The number of rotatable bonds is 7. The second-order valence-electron chi connectivity index (χ2n) is 8.55. The average Bonchev–Trinajstić information content (AvgIpc) is 2.84. The van der Waals surface area contributed by atoms with E-state index in [-0.39, 0.29) is 17.9 Å². The molecule has 31 heavy (non-hydrogen) atoms. The Morgan fingerprint density at radius 3 is 2.61 bits per heavy atom. The van der Waals surface area contributed by atoms with Crippen LogP contribution in [0.2, 0.25) is 0 Å². The van der Waals surface area contributed by atoms with E-state index in [1.807, 2.05) is 24.3 Å². The minimum Gasteiger partial charge on any atom is -0.379 e. The zero-order chi connectivity index (χ0) is 21.5. The van der Waals surface area contributed by atoms with E-state index in [2.05, 4.69) is 43.7 Å². The SMILES string of the molecule is CC(CN1CCOCC1)N(Cc1ccccc1)C(=O)C1CCCN(c2ncccn2)C1. The van der Waals surface area contributed by atoms with Crippen LogP contribution in [0.15, 0.2) is 48.8 Å². The lowest BCUT2D eigenvalue weighted by atomic mass is 9.95. The summed E-state index contributed by atoms with van der Waals surface area (Å²) in [6.07, 6.45) is 5.42. The van der Waals surface area contributed by atoms with E-state index in [0.29, 0.717) is 13.1 Å². The van der Waals surface area contributed by atoms with E-state index in [0.717, 1.165) is 58.2 Å². The van der Waals surface area contributed by atoms with Gasteiger partial charge in [-0.05, 0) is 31.4 Å². The van der Waals surface area contributed by atoms with Crippen molar-refractivity contribution >= 4 is 11.9 Å². The summed E-state index contributed by atoms with van der Waals surface area (Å²) >= 11 is 0. The van der Waals surface area contributed by atoms with Gasteiger partial charge in [-0.25, -0.2) is 9.97 Å². The van der Waals surface area contributed by atoms with Crippen LogP contribution in [-0.4, -0.2) is 77.7 Å². The number of benzene rings is 1. The molecule has 0 radical (unpaired) electrons. The van der Waals surface area contributed by atoms with Gasteiger partial charge in [-0.2, -0.15) is 0 Å². The molecule has 7 nitrogen and oxygen atoms in total. The summed E-state index contributed by atoms with van der Waals surface area (Å²) in [5, 5.41) is 0. The fraction of sp³-hybridized carbons (Fsp3) is 0.542. The zero-order valence-electron chi connectivity index (χ0n) is 18.4. The molecule has 1 amide bonds. The van der Waals surface area contributed by atoms with Crippen LogP contribution in [0, 0.1) is 5.92 Å². The first-order valence-corrected chi connectivity index (χ1v) is 11.4. The molecule has 2 atom stereocenters. The Balaban J connectivity index is 1.48. The molecule has 2 aliphatic heterocycles. The van der Waals surface area contributed by atoms with Crippen molar-refractivity contribution in [2.24, 2.45) is 5.92 Å². The largest absolute Gasteiger partial charge is 0.379 e. The summed E-state index contributed by atoms with van der Waals surface area (Å²) in [5.41, 5.74) is 1.17. The summed E-state index contributed by atoms with van der Waals surface area (Å²) in [6, 6.07) is 12.3. The molecule has 4 rings (SSSR count). The molecule has 2 fully saturated rings. The molecular formula is C24H33N5O2. The molecule has 2 aromatic rings. The Morgan fingerprint density at radius 2 is 1.87 bits per heavy atom. The molecule has 3 heterocycles. The second kappa shape index (κ2) is 10.7. The van der Waals surface area contributed by atoms with Gasteiger partial charge in [0.1, 0.15) is 0 Å². The Morgan fingerprint density at radius 1 is 1.13 bits per heavy atom. The first-order valence-electron chi connectivity index (χ1n) is 11.4. The van der Waals surface area contributed by atoms with E-state index in [9.17, 15) is 4.79 Å². The van der Waals surface area contributed by atoms with Gasteiger partial charge in [-0.15, -0.1) is 0 Å². The molecule has 0 N–H and O–H groups in total. The molecule has 0 saturated carbocycles. The minimum absolute atomic E-state index is 0.0339. The number of morpholine rings is 1. The first kappa shape index (κ1) is 21.7. The van der Waals surface area contributed by atoms with E-state index in [1.54, 1.807) is 12.4 Å². The number of nitrogens with zero attached hydrogens (tertiary/aromatic N) is 5. The zero-order valence-corrected chi connectivity index (χ0v) is 18.4. The van der Waals surface area contributed by atoms with Crippen molar-refractivity contribution in [1.82, 2.24) is 19.8 Å². The van der Waals surface area contributed by atoms with Crippen molar-refractivity contribution in [2.75, 3.05) is 50.8 Å². The highest BCUT2D eigenvalue weighted by atomic mass is 16.5. The number of piperidine rings is 1. The summed E-state index contributed by atoms with van der Waals surface area (Å²) in [5.74, 6) is 0.926. The maximum atomic E-state index is 13.8. The molecule has 0 aliphatic carbocycles. The predicted octanol–water partition coefficient (Wildman–Crippen LogP) is 2.44. The lowest BCUT2D eigenvalue weighted by Gasteiger charge is -2.39. The molecule has 0 spiro atoms. The Kier molecular flexibility index (Phi) is 7.48. The van der Waals surface area contributed by atoms with Gasteiger partial charge < -0.3 is 14.5 Å². The lowest BCUT2D eigenvalue weighted by molar-refractivity contribution is -0.139. The van der Waals surface area contributed by atoms with Crippen molar-refractivity contribution in [3.05, 3.63) is 54.4 Å². The van der Waals surface area contributed by atoms with Crippen molar-refractivity contribution in [3.63, 3.8) is 0 Å². The third kappa shape index (κ3) is 5.80. The highest BCUT2D eigenvalue weighted by Gasteiger charge is 2.33. The second-order valence-corrected chi connectivity index (χ2v) is 8.55. The Bertz CT molecular complexity index is 813. The van der Waals surface area contributed by atoms with Gasteiger partial charge in [0.05, 0.1) is 19.1 Å². The maximum Gasteiger partial charge on any atom is 0.228 e. The quantitative estimate of drug-likeness (QED) is 0.682. The molecule has 0 bridgehead atoms. The van der Waals surface area contributed by atoms with Crippen LogP contribution in [0.1, 0.15) is 25.3 Å². The van der Waals surface area contributed by atoms with Gasteiger partial charge in [0.2, 0.25) is 11.9 Å². The topological polar surface area (TPSA) is 61.8 Å². The molecule has 1 aromatic heterocycles. The van der Waals surface area contributed by atoms with Gasteiger partial charge >= 0.3 is 0 Å². The predicted molar refractivity (Wildman–Crippen MR) is 121 cm³/mol. The monoisotopic (exact) mass is 423 g/mol. The minimum atomic E-state index is -0.0339. The number of aromatic nitrogens is 2. The summed E-state index contributed by atoms with van der Waals surface area (Å²) < 4.78 is 5.49. The molecule has 1 aromatic carbocycles. The van der Waals surface area contributed by atoms with Crippen LogP contribution in [0.4, 0.5) is 5.95 Å². The number of amides is 1. The summed E-state index contributed by atoms with van der Waals surface area (Å²) in [4.78, 5) is 29.2. The fourth-order valence-electron chi connectivity index (χ4n) is 4.54. The van der Waals surface area contributed by atoms with Crippen molar-refractivity contribution in [1.29, 1.82) is 0 Å². The van der Waals surface area contributed by atoms with Gasteiger partial charge in [0.25, 0.3) is 0 Å². The number of hydrogen-bond donors (Lipinski definition) is 0. The smallest absolute Gasteiger partial charge is 0.228 e. The van der Waals surface area contributed by atoms with E-state index >= 15 is 0 Å². The standard InChI is InChI=1S/C24H33N5O2/c1-20(17-27-13-15-31-16-14-27)29(18-21-7-3-2-4-8-21)23(30)22-9-5-12-28(19-22)24-25-10-6-11-26-24/h2-4,6-8,10-11,20,22H,5,9,12-19H2,1H3. The molecule has 7 heteroatoms. The van der Waals surface area contributed by atoms with Crippen molar-refractivity contribution in [2.45, 2.75) is 32.4 Å². The number of carbonyl (C=O) groups excluding carboxylic acids is 1. The van der Waals surface area contributed by atoms with E-state index < -0.39 is 0 Å². The first-order chi connectivity index (χ1) is 15.2. The third-order valence-electron chi connectivity index (χ3n) is 6.24. The Labute approximate surface area is 185 Å². The van der Waals surface area contributed by atoms with Gasteiger partial charge in [-0.3, -0.25) is 9.69 Å². The van der Waals surface area contributed by atoms with E-state index in [1.165, 1.54) is 5.56 Å². The lowest BCUT2D eigenvalue weighted by Crippen LogP contribution is -2.51. The molecular weight excluding hydrogens is 390 g/mol. The van der Waals surface area contributed by atoms with Crippen molar-refractivity contribution < 1.29 is 9.53 Å².